The maximum Gasteiger partial charge on any atom is 0.270 e. The molecule has 1 aromatic carbocycles. The van der Waals surface area contributed by atoms with Gasteiger partial charge in [0.2, 0.25) is 0 Å². The Balaban J connectivity index is 2.46. The quantitative estimate of drug-likeness (QED) is 0.402. The van der Waals surface area contributed by atoms with Gasteiger partial charge in [0.1, 0.15) is 0 Å². The first-order valence-corrected chi connectivity index (χ1v) is 6.73. The molecule has 21 heavy (non-hydrogen) atoms. The van der Waals surface area contributed by atoms with Crippen LogP contribution in [0, 0.1) is 17.0 Å². The van der Waals surface area contributed by atoms with E-state index in [4.69, 9.17) is 0 Å². The van der Waals surface area contributed by atoms with Gasteiger partial charge in [-0.15, -0.1) is 0 Å². The maximum atomic E-state index is 11.6. The van der Waals surface area contributed by atoms with Crippen LogP contribution in [0.5, 0.6) is 0 Å². The van der Waals surface area contributed by atoms with Crippen molar-refractivity contribution in [1.29, 1.82) is 0 Å². The van der Waals surface area contributed by atoms with E-state index in [0.29, 0.717) is 15.7 Å². The highest BCUT2D eigenvalue weighted by Gasteiger charge is 2.15. The summed E-state index contributed by atoms with van der Waals surface area (Å²) in [4.78, 5) is 40.4. The highest BCUT2D eigenvalue weighted by atomic mass is 32.2. The van der Waals surface area contributed by atoms with E-state index in [0.717, 1.165) is 11.8 Å². The van der Waals surface area contributed by atoms with Crippen LogP contribution < -0.4 is 5.56 Å². The second-order valence-electron chi connectivity index (χ2n) is 4.29. The van der Waals surface area contributed by atoms with E-state index in [9.17, 15) is 19.7 Å². The van der Waals surface area contributed by atoms with E-state index in [1.165, 1.54) is 31.2 Å². The van der Waals surface area contributed by atoms with Gasteiger partial charge in [-0.05, 0) is 19.9 Å². The van der Waals surface area contributed by atoms with E-state index in [2.05, 4.69) is 9.97 Å². The Hall–Kier alpha value is -2.48. The minimum absolute atomic E-state index is 0.157. The number of aromatic nitrogens is 2. The number of ketones is 1. The van der Waals surface area contributed by atoms with Crippen molar-refractivity contribution < 1.29 is 9.72 Å². The molecule has 0 radical (unpaired) electrons. The molecule has 0 saturated heterocycles. The van der Waals surface area contributed by atoms with Crippen molar-refractivity contribution in [3.8, 4) is 0 Å². The van der Waals surface area contributed by atoms with Gasteiger partial charge in [0.25, 0.3) is 11.2 Å². The Kier molecular flexibility index (Phi) is 4.18. The fourth-order valence-electron chi connectivity index (χ4n) is 1.70. The van der Waals surface area contributed by atoms with Gasteiger partial charge >= 0.3 is 0 Å². The summed E-state index contributed by atoms with van der Waals surface area (Å²) in [6, 6.07) is 5.36. The number of rotatable bonds is 4. The molecule has 108 valence electrons. The number of nitro groups is 1. The predicted octanol–water partition coefficient (Wildman–Crippen LogP) is 2.34. The highest BCUT2D eigenvalue weighted by molar-refractivity contribution is 7.99. The summed E-state index contributed by atoms with van der Waals surface area (Å²) in [5, 5.41) is 11.1. The lowest BCUT2D eigenvalue weighted by Crippen LogP contribution is -2.08. The molecule has 0 aliphatic heterocycles. The Bertz CT molecular complexity index is 785. The third-order valence-electron chi connectivity index (χ3n) is 2.61. The van der Waals surface area contributed by atoms with Gasteiger partial charge in [0, 0.05) is 34.4 Å². The van der Waals surface area contributed by atoms with Crippen molar-refractivity contribution in [2.24, 2.45) is 0 Å². The predicted molar refractivity (Wildman–Crippen MR) is 76.8 cm³/mol. The Morgan fingerprint density at radius 2 is 2.10 bits per heavy atom. The number of aryl methyl sites for hydroxylation is 1. The van der Waals surface area contributed by atoms with Crippen molar-refractivity contribution >= 4 is 23.2 Å². The van der Waals surface area contributed by atoms with Gasteiger partial charge in [-0.1, -0.05) is 11.8 Å². The molecule has 2 rings (SSSR count). The molecular weight excluding hydrogens is 294 g/mol. The van der Waals surface area contributed by atoms with E-state index in [-0.39, 0.29) is 22.6 Å². The smallest absolute Gasteiger partial charge is 0.270 e. The molecule has 0 unspecified atom stereocenters. The summed E-state index contributed by atoms with van der Waals surface area (Å²) in [7, 11) is 0. The number of nitrogens with zero attached hydrogens (tertiary/aromatic N) is 2. The van der Waals surface area contributed by atoms with Gasteiger partial charge in [-0.25, -0.2) is 4.98 Å². The summed E-state index contributed by atoms with van der Waals surface area (Å²) < 4.78 is 0. The lowest BCUT2D eigenvalue weighted by molar-refractivity contribution is -0.384. The average Bonchev–Trinajstić information content (AvgIpc) is 2.37. The van der Waals surface area contributed by atoms with Crippen LogP contribution in [0.25, 0.3) is 0 Å². The number of nitro benzene ring substituents is 1. The number of H-pyrrole nitrogens is 1. The first-order valence-electron chi connectivity index (χ1n) is 5.92. The lowest BCUT2D eigenvalue weighted by atomic mass is 10.1. The van der Waals surface area contributed by atoms with Crippen LogP contribution in [0.2, 0.25) is 0 Å². The third-order valence-corrected chi connectivity index (χ3v) is 3.57. The standard InChI is InChI=1S/C13H11N3O4S/c1-7-5-12(18)15-13(14-7)21-11-4-3-9(16(19)20)6-10(11)8(2)17/h3-6H,1-2H3,(H,14,15,18). The molecule has 7 nitrogen and oxygen atoms in total. The van der Waals surface area contributed by atoms with E-state index in [1.54, 1.807) is 6.92 Å². The third kappa shape index (κ3) is 3.54. The van der Waals surface area contributed by atoms with Gasteiger partial charge < -0.3 is 4.98 Å². The number of non-ortho nitro benzene ring substituents is 1. The van der Waals surface area contributed by atoms with Crippen molar-refractivity contribution in [3.05, 3.63) is 56.0 Å². The van der Waals surface area contributed by atoms with Crippen LogP contribution in [0.1, 0.15) is 23.0 Å². The summed E-state index contributed by atoms with van der Waals surface area (Å²) in [6.07, 6.45) is 0. The number of hydrogen-bond acceptors (Lipinski definition) is 6. The second kappa shape index (κ2) is 5.88. The summed E-state index contributed by atoms with van der Waals surface area (Å²) >= 11 is 1.08. The molecule has 1 N–H and O–H groups in total. The van der Waals surface area contributed by atoms with Crippen LogP contribution in [0.3, 0.4) is 0 Å². The summed E-state index contributed by atoms with van der Waals surface area (Å²) in [5.41, 5.74) is 0.317. The van der Waals surface area contributed by atoms with Crippen molar-refractivity contribution in [3.63, 3.8) is 0 Å². The number of aromatic amines is 1. The molecule has 1 heterocycles. The molecule has 8 heteroatoms. The van der Waals surface area contributed by atoms with Crippen LogP contribution >= 0.6 is 11.8 Å². The van der Waals surface area contributed by atoms with Crippen molar-refractivity contribution in [1.82, 2.24) is 9.97 Å². The Morgan fingerprint density at radius 3 is 2.67 bits per heavy atom. The van der Waals surface area contributed by atoms with Gasteiger partial charge in [-0.2, -0.15) is 0 Å². The van der Waals surface area contributed by atoms with Crippen LogP contribution in [-0.2, 0) is 0 Å². The fraction of sp³-hybridized carbons (Fsp3) is 0.154. The zero-order valence-electron chi connectivity index (χ0n) is 11.2. The van der Waals surface area contributed by atoms with E-state index < -0.39 is 4.92 Å². The largest absolute Gasteiger partial charge is 0.301 e. The molecule has 0 atom stereocenters. The number of Topliss-reactive ketones (excluding diaryl/α,β-unsaturated/α-hetero) is 1. The number of hydrogen-bond donors (Lipinski definition) is 1. The Labute approximate surface area is 123 Å². The first kappa shape index (κ1) is 14.9. The summed E-state index contributed by atoms with van der Waals surface area (Å²) in [6.45, 7) is 3.01. The van der Waals surface area contributed by atoms with Crippen LogP contribution in [-0.4, -0.2) is 20.7 Å². The first-order chi connectivity index (χ1) is 9.86. The summed E-state index contributed by atoms with van der Waals surface area (Å²) in [5.74, 6) is -0.295. The maximum absolute atomic E-state index is 11.6. The van der Waals surface area contributed by atoms with Crippen molar-refractivity contribution in [2.75, 3.05) is 0 Å². The number of carbonyl (C=O) groups is 1. The molecule has 0 fully saturated rings. The lowest BCUT2D eigenvalue weighted by Gasteiger charge is -2.06. The normalized spacial score (nSPS) is 10.4. The molecule has 0 aliphatic carbocycles. The molecule has 0 aliphatic rings. The van der Waals surface area contributed by atoms with E-state index >= 15 is 0 Å². The molecule has 0 bridgehead atoms. The topological polar surface area (TPSA) is 106 Å². The zero-order valence-corrected chi connectivity index (χ0v) is 12.1. The molecular formula is C13H11N3O4S. The fourth-order valence-corrected chi connectivity index (χ4v) is 2.70. The van der Waals surface area contributed by atoms with Crippen LogP contribution in [0.15, 0.2) is 39.1 Å². The van der Waals surface area contributed by atoms with Crippen molar-refractivity contribution in [2.45, 2.75) is 23.9 Å². The molecule has 0 saturated carbocycles. The molecule has 0 spiro atoms. The monoisotopic (exact) mass is 305 g/mol. The minimum atomic E-state index is -0.562. The second-order valence-corrected chi connectivity index (χ2v) is 5.32. The molecule has 0 amide bonds. The Morgan fingerprint density at radius 1 is 1.38 bits per heavy atom. The number of nitrogens with one attached hydrogen (secondary N) is 1. The van der Waals surface area contributed by atoms with E-state index in [1.807, 2.05) is 0 Å². The molecule has 2 aromatic rings. The van der Waals surface area contributed by atoms with Crippen LogP contribution in [0.4, 0.5) is 5.69 Å². The van der Waals surface area contributed by atoms with Gasteiger partial charge in [0.15, 0.2) is 10.9 Å². The van der Waals surface area contributed by atoms with Gasteiger partial charge in [0.05, 0.1) is 4.92 Å². The number of carbonyl (C=O) groups excluding carboxylic acids is 1. The number of benzene rings is 1. The average molecular weight is 305 g/mol. The minimum Gasteiger partial charge on any atom is -0.301 e. The van der Waals surface area contributed by atoms with Gasteiger partial charge in [-0.3, -0.25) is 19.7 Å². The molecule has 1 aromatic heterocycles. The SMILES string of the molecule is CC(=O)c1cc([N+](=O)[O-])ccc1Sc1nc(C)cc(=O)[nH]1. The highest BCUT2D eigenvalue weighted by Crippen LogP contribution is 2.30. The zero-order chi connectivity index (χ0) is 15.6.